The Labute approximate surface area is 150 Å². The summed E-state index contributed by atoms with van der Waals surface area (Å²) in [5, 5.41) is 2.44. The number of fused-ring (bicyclic) bond motifs is 1. The molecule has 4 amide bonds. The van der Waals surface area contributed by atoms with E-state index in [1.807, 2.05) is 24.3 Å². The zero-order valence-electron chi connectivity index (χ0n) is 14.4. The zero-order chi connectivity index (χ0) is 18.1. The standard InChI is InChI=1S/C18H21N5O3/c24-16-9-19-18(26)23(16)11-17(25)22-7-3-4-12(10-22)8-15-20-13-5-1-2-6-14(13)21-15/h1-2,5-6,12H,3-4,7-11H2,(H,19,26)(H,20,21)/t12-/m1/s1. The number of aromatic amines is 1. The van der Waals surface area contributed by atoms with E-state index in [1.54, 1.807) is 4.90 Å². The summed E-state index contributed by atoms with van der Waals surface area (Å²) in [4.78, 5) is 46.5. The number of likely N-dealkylation sites (tertiary alicyclic amines) is 1. The molecule has 8 nitrogen and oxygen atoms in total. The summed E-state index contributed by atoms with van der Waals surface area (Å²) in [6, 6.07) is 7.43. The van der Waals surface area contributed by atoms with Crippen molar-refractivity contribution in [1.82, 2.24) is 25.1 Å². The van der Waals surface area contributed by atoms with Crippen molar-refractivity contribution in [1.29, 1.82) is 0 Å². The summed E-state index contributed by atoms with van der Waals surface area (Å²) in [5.41, 5.74) is 1.97. The van der Waals surface area contributed by atoms with Crippen LogP contribution in [0.4, 0.5) is 4.79 Å². The quantitative estimate of drug-likeness (QED) is 0.796. The average Bonchev–Trinajstić information content (AvgIpc) is 3.19. The highest BCUT2D eigenvalue weighted by Crippen LogP contribution is 2.21. The van der Waals surface area contributed by atoms with Crippen LogP contribution < -0.4 is 5.32 Å². The van der Waals surface area contributed by atoms with E-state index in [0.29, 0.717) is 19.0 Å². The van der Waals surface area contributed by atoms with E-state index in [2.05, 4.69) is 15.3 Å². The van der Waals surface area contributed by atoms with Crippen LogP contribution in [0.5, 0.6) is 0 Å². The Morgan fingerprint density at radius 2 is 2.12 bits per heavy atom. The first-order valence-electron chi connectivity index (χ1n) is 8.90. The molecule has 8 heteroatoms. The van der Waals surface area contributed by atoms with Crippen molar-refractivity contribution in [3.63, 3.8) is 0 Å². The van der Waals surface area contributed by atoms with Crippen LogP contribution in [-0.2, 0) is 16.0 Å². The van der Waals surface area contributed by atoms with Crippen LogP contribution in [0, 0.1) is 5.92 Å². The van der Waals surface area contributed by atoms with Crippen LogP contribution in [0.25, 0.3) is 11.0 Å². The number of urea groups is 1. The van der Waals surface area contributed by atoms with E-state index >= 15 is 0 Å². The summed E-state index contributed by atoms with van der Waals surface area (Å²) in [6.07, 6.45) is 2.72. The fourth-order valence-electron chi connectivity index (χ4n) is 3.68. The molecule has 1 aromatic heterocycles. The average molecular weight is 355 g/mol. The van der Waals surface area contributed by atoms with Gasteiger partial charge in [0.15, 0.2) is 0 Å². The van der Waals surface area contributed by atoms with Crippen molar-refractivity contribution >= 4 is 28.9 Å². The number of piperidine rings is 1. The predicted molar refractivity (Wildman–Crippen MR) is 94.2 cm³/mol. The van der Waals surface area contributed by atoms with Gasteiger partial charge in [0.2, 0.25) is 5.91 Å². The molecule has 0 spiro atoms. The highest BCUT2D eigenvalue weighted by atomic mass is 16.2. The van der Waals surface area contributed by atoms with E-state index < -0.39 is 6.03 Å². The van der Waals surface area contributed by atoms with Crippen molar-refractivity contribution in [2.75, 3.05) is 26.2 Å². The van der Waals surface area contributed by atoms with Gasteiger partial charge in [-0.3, -0.25) is 14.5 Å². The number of carbonyl (C=O) groups excluding carboxylic acids is 3. The third kappa shape index (κ3) is 3.26. The monoisotopic (exact) mass is 355 g/mol. The second kappa shape index (κ2) is 6.78. The number of nitrogens with zero attached hydrogens (tertiary/aromatic N) is 3. The SMILES string of the molecule is O=C(CN1C(=O)CNC1=O)N1CCC[C@H](Cc2nc3ccccc3[nH]2)C1. The maximum Gasteiger partial charge on any atom is 0.325 e. The number of nitrogens with one attached hydrogen (secondary N) is 2. The van der Waals surface area contributed by atoms with Crippen molar-refractivity contribution in [3.05, 3.63) is 30.1 Å². The van der Waals surface area contributed by atoms with E-state index in [9.17, 15) is 14.4 Å². The molecule has 0 bridgehead atoms. The fourth-order valence-corrected chi connectivity index (χ4v) is 3.68. The molecular weight excluding hydrogens is 334 g/mol. The van der Waals surface area contributed by atoms with Gasteiger partial charge >= 0.3 is 6.03 Å². The first-order valence-corrected chi connectivity index (χ1v) is 8.90. The van der Waals surface area contributed by atoms with Gasteiger partial charge in [0.1, 0.15) is 12.4 Å². The molecule has 2 aliphatic heterocycles. The van der Waals surface area contributed by atoms with Crippen molar-refractivity contribution in [2.45, 2.75) is 19.3 Å². The highest BCUT2D eigenvalue weighted by Gasteiger charge is 2.33. The maximum atomic E-state index is 12.5. The summed E-state index contributed by atoms with van der Waals surface area (Å²) in [7, 11) is 0. The number of rotatable bonds is 4. The molecule has 0 radical (unpaired) electrons. The smallest absolute Gasteiger partial charge is 0.325 e. The normalized spacial score (nSPS) is 20.7. The second-order valence-electron chi connectivity index (χ2n) is 6.89. The first kappa shape index (κ1) is 16.6. The Kier molecular flexibility index (Phi) is 4.32. The van der Waals surface area contributed by atoms with Crippen LogP contribution in [0.2, 0.25) is 0 Å². The molecule has 26 heavy (non-hydrogen) atoms. The number of imidazole rings is 1. The Bertz CT molecular complexity index is 812. The largest absolute Gasteiger partial charge is 0.342 e. The second-order valence-corrected chi connectivity index (χ2v) is 6.89. The van der Waals surface area contributed by atoms with Gasteiger partial charge in [-0.15, -0.1) is 0 Å². The Morgan fingerprint density at radius 1 is 1.27 bits per heavy atom. The molecule has 0 unspecified atom stereocenters. The van der Waals surface area contributed by atoms with Gasteiger partial charge in [-0.1, -0.05) is 12.1 Å². The number of para-hydroxylation sites is 2. The minimum absolute atomic E-state index is 0.0270. The maximum absolute atomic E-state index is 12.5. The van der Waals surface area contributed by atoms with E-state index in [1.165, 1.54) is 0 Å². The van der Waals surface area contributed by atoms with Gasteiger partial charge < -0.3 is 15.2 Å². The topological polar surface area (TPSA) is 98.4 Å². The van der Waals surface area contributed by atoms with Gasteiger partial charge in [-0.05, 0) is 30.9 Å². The van der Waals surface area contributed by atoms with E-state index in [-0.39, 0.29) is 24.9 Å². The highest BCUT2D eigenvalue weighted by molar-refractivity contribution is 6.04. The number of carbonyl (C=O) groups is 3. The van der Waals surface area contributed by atoms with Crippen LogP contribution >= 0.6 is 0 Å². The Balaban J connectivity index is 1.38. The molecule has 1 atom stereocenters. The number of aromatic nitrogens is 2. The lowest BCUT2D eigenvalue weighted by Crippen LogP contribution is -2.47. The Morgan fingerprint density at radius 3 is 2.88 bits per heavy atom. The van der Waals surface area contributed by atoms with Gasteiger partial charge in [0, 0.05) is 19.5 Å². The number of benzene rings is 1. The van der Waals surface area contributed by atoms with Crippen molar-refractivity contribution in [2.24, 2.45) is 5.92 Å². The van der Waals surface area contributed by atoms with Gasteiger partial charge in [0.05, 0.1) is 17.6 Å². The summed E-state index contributed by atoms with van der Waals surface area (Å²) >= 11 is 0. The molecule has 1 aromatic carbocycles. The van der Waals surface area contributed by atoms with Crippen molar-refractivity contribution in [3.8, 4) is 0 Å². The summed E-state index contributed by atoms with van der Waals surface area (Å²) in [6.45, 7) is 1.08. The molecule has 0 aliphatic carbocycles. The van der Waals surface area contributed by atoms with Crippen molar-refractivity contribution < 1.29 is 14.4 Å². The molecule has 2 aliphatic rings. The molecule has 2 aromatic rings. The van der Waals surface area contributed by atoms with Crippen LogP contribution in [0.3, 0.4) is 0 Å². The van der Waals surface area contributed by atoms with E-state index in [4.69, 9.17) is 0 Å². The number of H-pyrrole nitrogens is 1. The van der Waals surface area contributed by atoms with Gasteiger partial charge in [0.25, 0.3) is 5.91 Å². The van der Waals surface area contributed by atoms with Gasteiger partial charge in [-0.25, -0.2) is 9.78 Å². The summed E-state index contributed by atoms with van der Waals surface area (Å²) in [5.74, 6) is 0.722. The lowest BCUT2D eigenvalue weighted by atomic mass is 9.94. The molecule has 0 saturated carbocycles. The third-order valence-electron chi connectivity index (χ3n) is 5.02. The molecule has 3 heterocycles. The number of hydrogen-bond donors (Lipinski definition) is 2. The lowest BCUT2D eigenvalue weighted by Gasteiger charge is -2.33. The minimum atomic E-state index is -0.487. The minimum Gasteiger partial charge on any atom is -0.342 e. The molecule has 2 fully saturated rings. The third-order valence-corrected chi connectivity index (χ3v) is 5.02. The molecule has 2 N–H and O–H groups in total. The first-order chi connectivity index (χ1) is 12.6. The summed E-state index contributed by atoms with van der Waals surface area (Å²) < 4.78 is 0. The zero-order valence-corrected chi connectivity index (χ0v) is 14.4. The molecular formula is C18H21N5O3. The van der Waals surface area contributed by atoms with Crippen LogP contribution in [-0.4, -0.2) is 63.8 Å². The molecule has 4 rings (SSSR count). The molecule has 2 saturated heterocycles. The van der Waals surface area contributed by atoms with Crippen LogP contribution in [0.15, 0.2) is 24.3 Å². The van der Waals surface area contributed by atoms with E-state index in [0.717, 1.165) is 41.0 Å². The van der Waals surface area contributed by atoms with Gasteiger partial charge in [-0.2, -0.15) is 0 Å². The predicted octanol–water partition coefficient (Wildman–Crippen LogP) is 0.896. The number of amides is 4. The van der Waals surface area contributed by atoms with Crippen LogP contribution in [0.1, 0.15) is 18.7 Å². The Hall–Kier alpha value is -2.90. The fraction of sp³-hybridized carbons (Fsp3) is 0.444. The molecule has 136 valence electrons. The number of hydrogen-bond acceptors (Lipinski definition) is 4. The lowest BCUT2D eigenvalue weighted by molar-refractivity contribution is -0.137. The number of imide groups is 1.